The molecule has 1 atom stereocenters. The van der Waals surface area contributed by atoms with Gasteiger partial charge in [0.25, 0.3) is 0 Å². The van der Waals surface area contributed by atoms with Gasteiger partial charge in [0.05, 0.1) is 5.41 Å². The van der Waals surface area contributed by atoms with Crippen molar-refractivity contribution in [2.45, 2.75) is 51.1 Å². The first kappa shape index (κ1) is 20.0. The fourth-order valence-corrected chi connectivity index (χ4v) is 4.33. The summed E-state index contributed by atoms with van der Waals surface area (Å²) in [4.78, 5) is 25.5. The lowest BCUT2D eigenvalue weighted by atomic mass is 9.72. The number of piperidine rings is 1. The van der Waals surface area contributed by atoms with E-state index in [-0.39, 0.29) is 5.41 Å². The number of nitrogens with zero attached hydrogens (tertiary/aromatic N) is 2. The molecule has 144 valence electrons. The molecule has 1 spiro atoms. The maximum absolute atomic E-state index is 12.1. The molecule has 0 aromatic carbocycles. The van der Waals surface area contributed by atoms with Crippen molar-refractivity contribution in [2.24, 2.45) is 11.3 Å². The Morgan fingerprint density at radius 2 is 1.80 bits per heavy atom. The van der Waals surface area contributed by atoms with Crippen molar-refractivity contribution in [2.75, 3.05) is 33.2 Å². The molecule has 2 heterocycles. The summed E-state index contributed by atoms with van der Waals surface area (Å²) in [5.74, 6) is -1.45. The van der Waals surface area contributed by atoms with E-state index < -0.39 is 12.1 Å². The molecule has 0 aromatic rings. The minimum atomic E-state index is -5.08. The quantitative estimate of drug-likeness (QED) is 0.766. The van der Waals surface area contributed by atoms with Crippen LogP contribution in [0.4, 0.5) is 13.2 Å². The average molecular weight is 364 g/mol. The molecule has 0 aromatic heterocycles. The number of halogens is 3. The number of aliphatic carboxylic acids is 1. The molecule has 1 aliphatic carbocycles. The standard InChI is InChI=1S/C15H26N2O.C2HF3O2/c1-16-11-15(14(16)18)8-5-9-17(12-15)10-13-6-3-2-4-7-13;3-2(4,5)1(6)7/h13H,2-12H2,1H3;(H,6,7). The summed E-state index contributed by atoms with van der Waals surface area (Å²) in [5.41, 5.74) is 0.0155. The van der Waals surface area contributed by atoms with Gasteiger partial charge in [-0.05, 0) is 38.1 Å². The maximum atomic E-state index is 12.1. The molecule has 1 unspecified atom stereocenters. The van der Waals surface area contributed by atoms with Crippen LogP contribution in [0.1, 0.15) is 44.9 Å². The fraction of sp³-hybridized carbons (Fsp3) is 0.882. The normalized spacial score (nSPS) is 28.3. The van der Waals surface area contributed by atoms with Gasteiger partial charge in [0.2, 0.25) is 5.91 Å². The van der Waals surface area contributed by atoms with Crippen LogP contribution in [0.2, 0.25) is 0 Å². The minimum Gasteiger partial charge on any atom is -0.475 e. The molecule has 0 radical (unpaired) electrons. The number of β-lactam (4-membered cyclic amide) rings is 1. The number of likely N-dealkylation sites (tertiary alicyclic amines) is 2. The predicted octanol–water partition coefficient (Wildman–Crippen LogP) is 2.75. The van der Waals surface area contributed by atoms with Crippen molar-refractivity contribution >= 4 is 11.9 Å². The van der Waals surface area contributed by atoms with Gasteiger partial charge in [0.15, 0.2) is 0 Å². The van der Waals surface area contributed by atoms with E-state index in [2.05, 4.69) is 4.90 Å². The van der Waals surface area contributed by atoms with E-state index in [0.29, 0.717) is 5.91 Å². The van der Waals surface area contributed by atoms with Gasteiger partial charge in [-0.15, -0.1) is 0 Å². The summed E-state index contributed by atoms with van der Waals surface area (Å²) in [7, 11) is 1.94. The second kappa shape index (κ2) is 7.93. The topological polar surface area (TPSA) is 60.9 Å². The number of carbonyl (C=O) groups is 2. The molecule has 3 rings (SSSR count). The number of alkyl halides is 3. The molecule has 1 saturated carbocycles. The summed E-state index contributed by atoms with van der Waals surface area (Å²) in [6.07, 6.45) is 4.36. The summed E-state index contributed by atoms with van der Waals surface area (Å²) in [6, 6.07) is 0. The van der Waals surface area contributed by atoms with Crippen molar-refractivity contribution in [3.05, 3.63) is 0 Å². The first-order valence-electron chi connectivity index (χ1n) is 8.92. The molecule has 2 saturated heterocycles. The van der Waals surface area contributed by atoms with E-state index >= 15 is 0 Å². The molecule has 5 nitrogen and oxygen atoms in total. The van der Waals surface area contributed by atoms with Crippen molar-refractivity contribution < 1.29 is 27.9 Å². The lowest BCUT2D eigenvalue weighted by molar-refractivity contribution is -0.192. The fourth-order valence-electron chi connectivity index (χ4n) is 4.33. The van der Waals surface area contributed by atoms with Gasteiger partial charge in [-0.1, -0.05) is 19.3 Å². The molecule has 3 aliphatic rings. The molecule has 25 heavy (non-hydrogen) atoms. The number of carboxylic acids is 1. The number of rotatable bonds is 2. The third kappa shape index (κ3) is 5.09. The lowest BCUT2D eigenvalue weighted by Crippen LogP contribution is -2.65. The molecule has 3 fully saturated rings. The number of carboxylic acid groups (broad SMARTS) is 1. The monoisotopic (exact) mass is 364 g/mol. The predicted molar refractivity (Wildman–Crippen MR) is 86.0 cm³/mol. The van der Waals surface area contributed by atoms with Crippen molar-refractivity contribution in [3.8, 4) is 0 Å². The van der Waals surface area contributed by atoms with Gasteiger partial charge in [0.1, 0.15) is 0 Å². The Bertz CT molecular complexity index is 488. The van der Waals surface area contributed by atoms with Crippen LogP contribution in [0.15, 0.2) is 0 Å². The van der Waals surface area contributed by atoms with E-state index in [0.717, 1.165) is 25.4 Å². The van der Waals surface area contributed by atoms with Crippen LogP contribution >= 0.6 is 0 Å². The summed E-state index contributed by atoms with van der Waals surface area (Å²) >= 11 is 0. The highest BCUT2D eigenvalue weighted by molar-refractivity contribution is 5.88. The highest BCUT2D eigenvalue weighted by Crippen LogP contribution is 2.40. The van der Waals surface area contributed by atoms with Crippen LogP contribution in [0.3, 0.4) is 0 Å². The van der Waals surface area contributed by atoms with E-state index in [1.807, 2.05) is 11.9 Å². The zero-order chi connectivity index (χ0) is 18.7. The molecule has 1 N–H and O–H groups in total. The number of amides is 1. The molecule has 8 heteroatoms. The van der Waals surface area contributed by atoms with Crippen molar-refractivity contribution in [1.82, 2.24) is 9.80 Å². The van der Waals surface area contributed by atoms with E-state index in [4.69, 9.17) is 9.90 Å². The van der Waals surface area contributed by atoms with Crippen molar-refractivity contribution in [1.29, 1.82) is 0 Å². The van der Waals surface area contributed by atoms with Crippen LogP contribution in [0.25, 0.3) is 0 Å². The maximum Gasteiger partial charge on any atom is 0.490 e. The van der Waals surface area contributed by atoms with E-state index in [9.17, 15) is 18.0 Å². The molecule has 1 amide bonds. The number of hydrogen-bond acceptors (Lipinski definition) is 3. The van der Waals surface area contributed by atoms with Gasteiger partial charge in [-0.3, -0.25) is 4.79 Å². The molecular formula is C17H27F3N2O3. The highest BCUT2D eigenvalue weighted by atomic mass is 19.4. The van der Waals surface area contributed by atoms with Crippen LogP contribution in [0, 0.1) is 11.3 Å². The largest absolute Gasteiger partial charge is 0.490 e. The first-order chi connectivity index (χ1) is 11.6. The van der Waals surface area contributed by atoms with E-state index in [1.54, 1.807) is 0 Å². The van der Waals surface area contributed by atoms with Crippen molar-refractivity contribution in [3.63, 3.8) is 0 Å². The Morgan fingerprint density at radius 1 is 1.20 bits per heavy atom. The van der Waals surface area contributed by atoms with Crippen LogP contribution in [0.5, 0.6) is 0 Å². The Balaban J connectivity index is 0.000000277. The lowest BCUT2D eigenvalue weighted by Gasteiger charge is -2.52. The van der Waals surface area contributed by atoms with Crippen LogP contribution in [-0.4, -0.2) is 66.2 Å². The zero-order valence-electron chi connectivity index (χ0n) is 14.6. The third-order valence-corrected chi connectivity index (χ3v) is 5.48. The minimum absolute atomic E-state index is 0.0155. The van der Waals surface area contributed by atoms with E-state index in [1.165, 1.54) is 51.6 Å². The summed E-state index contributed by atoms with van der Waals surface area (Å²) < 4.78 is 31.7. The van der Waals surface area contributed by atoms with Gasteiger partial charge in [0, 0.05) is 26.7 Å². The number of carbonyl (C=O) groups excluding carboxylic acids is 1. The molecular weight excluding hydrogens is 337 g/mol. The van der Waals surface area contributed by atoms with Gasteiger partial charge < -0.3 is 14.9 Å². The Morgan fingerprint density at radius 3 is 2.28 bits per heavy atom. The molecule has 0 bridgehead atoms. The zero-order valence-corrected chi connectivity index (χ0v) is 14.6. The van der Waals surface area contributed by atoms with Gasteiger partial charge in [-0.2, -0.15) is 13.2 Å². The number of hydrogen-bond donors (Lipinski definition) is 1. The Kier molecular flexibility index (Phi) is 6.35. The molecule has 2 aliphatic heterocycles. The second-order valence-corrected chi connectivity index (χ2v) is 7.59. The Hall–Kier alpha value is -1.31. The average Bonchev–Trinajstić information content (AvgIpc) is 2.55. The smallest absolute Gasteiger partial charge is 0.475 e. The SMILES string of the molecule is CN1CC2(CCCN(CC3CCCCC3)C2)C1=O.O=C(O)C(F)(F)F. The van der Waals surface area contributed by atoms with Crippen LogP contribution in [-0.2, 0) is 9.59 Å². The van der Waals surface area contributed by atoms with Crippen LogP contribution < -0.4 is 0 Å². The summed E-state index contributed by atoms with van der Waals surface area (Å²) in [5, 5.41) is 7.12. The third-order valence-electron chi connectivity index (χ3n) is 5.48. The first-order valence-corrected chi connectivity index (χ1v) is 8.92. The van der Waals surface area contributed by atoms with Gasteiger partial charge >= 0.3 is 12.1 Å². The highest BCUT2D eigenvalue weighted by Gasteiger charge is 2.52. The second-order valence-electron chi connectivity index (χ2n) is 7.59. The van der Waals surface area contributed by atoms with Gasteiger partial charge in [-0.25, -0.2) is 4.79 Å². The Labute approximate surface area is 146 Å². The summed E-state index contributed by atoms with van der Waals surface area (Å²) in [6.45, 7) is 4.49.